The van der Waals surface area contributed by atoms with E-state index in [2.05, 4.69) is 4.98 Å². The Morgan fingerprint density at radius 2 is 1.88 bits per heavy atom. The number of esters is 1. The number of fused-ring (bicyclic) bond motifs is 1. The number of benzene rings is 1. The van der Waals surface area contributed by atoms with E-state index < -0.39 is 21.9 Å². The Labute approximate surface area is 190 Å². The van der Waals surface area contributed by atoms with Crippen LogP contribution in [-0.2, 0) is 27.8 Å². The molecule has 0 fully saturated rings. The van der Waals surface area contributed by atoms with Crippen LogP contribution in [0.3, 0.4) is 0 Å². The van der Waals surface area contributed by atoms with E-state index in [0.717, 1.165) is 15.7 Å². The molecule has 0 aliphatic carbocycles. The van der Waals surface area contributed by atoms with Crippen molar-refractivity contribution in [2.45, 2.75) is 45.7 Å². The summed E-state index contributed by atoms with van der Waals surface area (Å²) in [4.78, 5) is 30.0. The normalized spacial score (nSPS) is 14.6. The first-order valence-electron chi connectivity index (χ1n) is 10.2. The third-order valence-corrected chi connectivity index (χ3v) is 8.20. The molecule has 0 atom stereocenters. The summed E-state index contributed by atoms with van der Waals surface area (Å²) in [5, 5.41) is 2.24. The van der Waals surface area contributed by atoms with E-state index in [1.165, 1.54) is 23.5 Å². The van der Waals surface area contributed by atoms with E-state index in [9.17, 15) is 18.0 Å². The van der Waals surface area contributed by atoms with Crippen molar-refractivity contribution in [3.63, 3.8) is 0 Å². The predicted octanol–water partition coefficient (Wildman–Crippen LogP) is 3.77. The van der Waals surface area contributed by atoms with E-state index >= 15 is 0 Å². The Morgan fingerprint density at radius 1 is 1.16 bits per heavy atom. The fourth-order valence-corrected chi connectivity index (χ4v) is 6.52. The highest BCUT2D eigenvalue weighted by Gasteiger charge is 2.41. The molecule has 168 valence electrons. The molecule has 0 spiro atoms. The molecule has 1 aliphatic heterocycles. The molecule has 0 saturated carbocycles. The van der Waals surface area contributed by atoms with Crippen molar-refractivity contribution in [2.75, 3.05) is 6.61 Å². The molecule has 1 amide bonds. The van der Waals surface area contributed by atoms with Gasteiger partial charge < -0.3 is 9.30 Å². The lowest BCUT2D eigenvalue weighted by Crippen LogP contribution is -2.29. The smallest absolute Gasteiger partial charge is 0.340 e. The van der Waals surface area contributed by atoms with Crippen molar-refractivity contribution < 1.29 is 22.7 Å². The first-order chi connectivity index (χ1) is 15.2. The summed E-state index contributed by atoms with van der Waals surface area (Å²) in [6.07, 6.45) is 0. The van der Waals surface area contributed by atoms with Gasteiger partial charge in [0, 0.05) is 28.9 Å². The summed E-state index contributed by atoms with van der Waals surface area (Å²) in [6.45, 7) is 8.30. The molecule has 1 aromatic carbocycles. The van der Waals surface area contributed by atoms with Crippen LogP contribution in [0.4, 0.5) is 0 Å². The van der Waals surface area contributed by atoms with Gasteiger partial charge in [-0.15, -0.1) is 11.3 Å². The SMILES string of the molecule is CCOC(=O)c1c(-c2csc(CN3C(=O)c4ccccc4S3(=O)=O)n2)c(C)n(CC)c1C. The second-order valence-electron chi connectivity index (χ2n) is 7.33. The van der Waals surface area contributed by atoms with Gasteiger partial charge in [-0.05, 0) is 39.8 Å². The molecule has 0 radical (unpaired) electrons. The fourth-order valence-electron chi connectivity index (χ4n) is 4.13. The van der Waals surface area contributed by atoms with Gasteiger partial charge in [0.1, 0.15) is 9.90 Å². The highest BCUT2D eigenvalue weighted by atomic mass is 32.2. The quantitative estimate of drug-likeness (QED) is 0.506. The second kappa shape index (κ2) is 8.18. The Kier molecular flexibility index (Phi) is 5.68. The summed E-state index contributed by atoms with van der Waals surface area (Å²) in [5.74, 6) is -0.980. The van der Waals surface area contributed by atoms with Crippen LogP contribution in [0.2, 0.25) is 0 Å². The van der Waals surface area contributed by atoms with E-state index in [0.29, 0.717) is 28.4 Å². The van der Waals surface area contributed by atoms with Crippen LogP contribution >= 0.6 is 11.3 Å². The highest BCUT2D eigenvalue weighted by Crippen LogP contribution is 2.36. The molecule has 0 N–H and O–H groups in total. The first kappa shape index (κ1) is 22.2. The molecule has 2 aromatic heterocycles. The zero-order valence-electron chi connectivity index (χ0n) is 18.2. The minimum atomic E-state index is -3.92. The van der Waals surface area contributed by atoms with E-state index in [1.54, 1.807) is 24.4 Å². The van der Waals surface area contributed by atoms with Gasteiger partial charge >= 0.3 is 5.97 Å². The average Bonchev–Trinajstić information content (AvgIpc) is 3.37. The van der Waals surface area contributed by atoms with Crippen LogP contribution in [-0.4, -0.2) is 40.8 Å². The molecular weight excluding hydrogens is 450 g/mol. The summed E-state index contributed by atoms with van der Waals surface area (Å²) in [5.41, 5.74) is 3.52. The van der Waals surface area contributed by atoms with Gasteiger partial charge in [-0.2, -0.15) is 0 Å². The Hall–Kier alpha value is -2.98. The zero-order chi connectivity index (χ0) is 23.2. The summed E-state index contributed by atoms with van der Waals surface area (Å²) < 4.78 is 33.8. The maximum Gasteiger partial charge on any atom is 0.340 e. The second-order valence-corrected chi connectivity index (χ2v) is 10.1. The number of thiazole rings is 1. The van der Waals surface area contributed by atoms with Crippen LogP contribution < -0.4 is 0 Å². The van der Waals surface area contributed by atoms with Crippen LogP contribution in [0.1, 0.15) is 51.0 Å². The maximum absolute atomic E-state index is 12.8. The molecule has 10 heteroatoms. The minimum absolute atomic E-state index is 0.0119. The number of amides is 1. The van der Waals surface area contributed by atoms with E-state index in [4.69, 9.17) is 4.74 Å². The standard InChI is InChI=1S/C22H23N3O5S2/c1-5-24-13(3)19(20(14(24)4)22(27)30-6-2)16-12-31-18(23-16)11-25-21(26)15-9-7-8-10-17(15)32(25,28)29/h7-10,12H,5-6,11H2,1-4H3. The number of rotatable bonds is 6. The summed E-state index contributed by atoms with van der Waals surface area (Å²) >= 11 is 1.25. The molecule has 0 unspecified atom stereocenters. The molecular formula is C22H23N3O5S2. The number of carbonyl (C=O) groups excluding carboxylic acids is 2. The molecule has 0 bridgehead atoms. The van der Waals surface area contributed by atoms with Crippen molar-refractivity contribution in [1.82, 2.24) is 13.9 Å². The highest BCUT2D eigenvalue weighted by molar-refractivity contribution is 7.90. The zero-order valence-corrected chi connectivity index (χ0v) is 19.8. The number of ether oxygens (including phenoxy) is 1. The summed E-state index contributed by atoms with van der Waals surface area (Å²) in [7, 11) is -3.92. The molecule has 4 rings (SSSR count). The predicted molar refractivity (Wildman–Crippen MR) is 120 cm³/mol. The number of nitrogens with zero attached hydrogens (tertiary/aromatic N) is 3. The largest absolute Gasteiger partial charge is 0.462 e. The van der Waals surface area contributed by atoms with E-state index in [-0.39, 0.29) is 23.6 Å². The summed E-state index contributed by atoms with van der Waals surface area (Å²) in [6, 6.07) is 6.17. The number of sulfonamides is 1. The maximum atomic E-state index is 12.8. The molecule has 32 heavy (non-hydrogen) atoms. The molecule has 1 aliphatic rings. The van der Waals surface area contributed by atoms with Crippen LogP contribution in [0.5, 0.6) is 0 Å². The van der Waals surface area contributed by atoms with Gasteiger partial charge in [0.2, 0.25) is 0 Å². The number of hydrogen-bond acceptors (Lipinski definition) is 7. The van der Waals surface area contributed by atoms with Crippen molar-refractivity contribution in [1.29, 1.82) is 0 Å². The van der Waals surface area contributed by atoms with Gasteiger partial charge in [-0.25, -0.2) is 22.5 Å². The Bertz CT molecular complexity index is 1340. The monoisotopic (exact) mass is 473 g/mol. The van der Waals surface area contributed by atoms with Gasteiger partial charge in [-0.3, -0.25) is 4.79 Å². The van der Waals surface area contributed by atoms with Crippen molar-refractivity contribution in [3.8, 4) is 11.3 Å². The molecule has 3 heterocycles. The molecule has 0 saturated heterocycles. The fraction of sp³-hybridized carbons (Fsp3) is 0.318. The van der Waals surface area contributed by atoms with Crippen molar-refractivity contribution in [3.05, 3.63) is 57.2 Å². The van der Waals surface area contributed by atoms with Crippen LogP contribution in [0.15, 0.2) is 34.5 Å². The van der Waals surface area contributed by atoms with Gasteiger partial charge in [0.25, 0.3) is 15.9 Å². The van der Waals surface area contributed by atoms with Gasteiger partial charge in [0.15, 0.2) is 0 Å². The molecule has 3 aromatic rings. The van der Waals surface area contributed by atoms with Gasteiger partial charge in [-0.1, -0.05) is 12.1 Å². The van der Waals surface area contributed by atoms with Crippen molar-refractivity contribution in [2.24, 2.45) is 0 Å². The van der Waals surface area contributed by atoms with Gasteiger partial charge in [0.05, 0.1) is 30.0 Å². The topological polar surface area (TPSA) is 98.6 Å². The lowest BCUT2D eigenvalue weighted by molar-refractivity contribution is 0.0526. The average molecular weight is 474 g/mol. The number of carbonyl (C=O) groups is 2. The molecule has 8 nitrogen and oxygen atoms in total. The minimum Gasteiger partial charge on any atom is -0.462 e. The lowest BCUT2D eigenvalue weighted by Gasteiger charge is -2.13. The Balaban J connectivity index is 1.72. The number of aromatic nitrogens is 2. The lowest BCUT2D eigenvalue weighted by atomic mass is 10.1. The van der Waals surface area contributed by atoms with Crippen molar-refractivity contribution >= 4 is 33.2 Å². The van der Waals surface area contributed by atoms with Crippen LogP contribution in [0, 0.1) is 13.8 Å². The number of hydrogen-bond donors (Lipinski definition) is 0. The van der Waals surface area contributed by atoms with Crippen LogP contribution in [0.25, 0.3) is 11.3 Å². The Morgan fingerprint density at radius 3 is 2.53 bits per heavy atom. The van der Waals surface area contributed by atoms with E-state index in [1.807, 2.05) is 25.3 Å². The third-order valence-electron chi connectivity index (χ3n) is 5.58. The third kappa shape index (κ3) is 3.34. The first-order valence-corrected chi connectivity index (χ1v) is 12.5.